The van der Waals surface area contributed by atoms with E-state index in [1.165, 1.54) is 45.9 Å². The van der Waals surface area contributed by atoms with Crippen molar-refractivity contribution in [2.24, 2.45) is 7.05 Å². The van der Waals surface area contributed by atoms with Crippen LogP contribution in [0.25, 0.3) is 0 Å². The van der Waals surface area contributed by atoms with Gasteiger partial charge in [-0.3, -0.25) is 9.59 Å². The van der Waals surface area contributed by atoms with E-state index in [4.69, 9.17) is 11.6 Å². The lowest BCUT2D eigenvalue weighted by molar-refractivity contribution is 0.102. The normalized spacial score (nSPS) is 10.7. The van der Waals surface area contributed by atoms with Crippen molar-refractivity contribution in [3.63, 3.8) is 0 Å². The maximum Gasteiger partial charge on any atom is 0.258 e. The maximum absolute atomic E-state index is 13.6. The first-order valence-corrected chi connectivity index (χ1v) is 7.75. The summed E-state index contributed by atoms with van der Waals surface area (Å²) >= 11 is 5.68. The molecule has 2 aromatic heterocycles. The number of benzene rings is 1. The number of nitrogens with one attached hydrogen (secondary N) is 1. The van der Waals surface area contributed by atoms with Crippen LogP contribution in [-0.2, 0) is 13.6 Å². The second kappa shape index (κ2) is 6.90. The molecular formula is C17H14ClFN4O2. The first kappa shape index (κ1) is 16.9. The highest BCUT2D eigenvalue weighted by Gasteiger charge is 2.11. The Labute approximate surface area is 147 Å². The van der Waals surface area contributed by atoms with Crippen LogP contribution in [0.15, 0.2) is 53.6 Å². The maximum atomic E-state index is 13.6. The number of nitrogens with zero attached hydrogens (tertiary/aromatic N) is 3. The molecule has 0 aliphatic carbocycles. The van der Waals surface area contributed by atoms with Gasteiger partial charge in [-0.05, 0) is 23.8 Å². The Morgan fingerprint density at radius 3 is 2.80 bits per heavy atom. The zero-order chi connectivity index (χ0) is 18.0. The van der Waals surface area contributed by atoms with Crippen LogP contribution in [0.2, 0.25) is 5.02 Å². The molecule has 6 nitrogen and oxygen atoms in total. The van der Waals surface area contributed by atoms with E-state index >= 15 is 0 Å². The summed E-state index contributed by atoms with van der Waals surface area (Å²) in [4.78, 5) is 23.7. The lowest BCUT2D eigenvalue weighted by Gasteiger charge is -2.10. The lowest BCUT2D eigenvalue weighted by Crippen LogP contribution is -2.20. The van der Waals surface area contributed by atoms with E-state index in [9.17, 15) is 14.0 Å². The van der Waals surface area contributed by atoms with E-state index in [-0.39, 0.29) is 23.0 Å². The quantitative estimate of drug-likeness (QED) is 0.777. The predicted octanol–water partition coefficient (Wildman–Crippen LogP) is 2.67. The monoisotopic (exact) mass is 360 g/mol. The number of carbonyl (C=O) groups is 1. The van der Waals surface area contributed by atoms with E-state index in [1.807, 2.05) is 0 Å². The highest BCUT2D eigenvalue weighted by atomic mass is 35.5. The number of rotatable bonds is 4. The van der Waals surface area contributed by atoms with Crippen molar-refractivity contribution in [3.05, 3.63) is 81.1 Å². The summed E-state index contributed by atoms with van der Waals surface area (Å²) in [6, 6.07) is 8.88. The molecule has 0 spiro atoms. The topological polar surface area (TPSA) is 68.9 Å². The van der Waals surface area contributed by atoms with Gasteiger partial charge < -0.3 is 9.88 Å². The molecule has 1 N–H and O–H groups in total. The van der Waals surface area contributed by atoms with Gasteiger partial charge in [0.25, 0.3) is 5.91 Å². The molecule has 3 rings (SSSR count). The Balaban J connectivity index is 1.79. The highest BCUT2D eigenvalue weighted by Crippen LogP contribution is 2.17. The summed E-state index contributed by atoms with van der Waals surface area (Å²) in [6.07, 6.45) is 2.98. The molecule has 0 aliphatic heterocycles. The van der Waals surface area contributed by atoms with Crippen LogP contribution in [0.3, 0.4) is 0 Å². The number of amides is 1. The van der Waals surface area contributed by atoms with Crippen LogP contribution in [-0.4, -0.2) is 20.3 Å². The fourth-order valence-electron chi connectivity index (χ4n) is 2.29. The molecule has 0 radical (unpaired) electrons. The summed E-state index contributed by atoms with van der Waals surface area (Å²) in [5.74, 6) is -0.434. The van der Waals surface area contributed by atoms with Gasteiger partial charge in [0.2, 0.25) is 5.56 Å². The molecule has 128 valence electrons. The average molecular weight is 361 g/mol. The molecule has 0 aliphatic rings. The molecule has 0 saturated heterocycles. The number of aromatic nitrogens is 3. The molecule has 0 saturated carbocycles. The number of aryl methyl sites for hydroxylation is 1. The lowest BCUT2D eigenvalue weighted by atomic mass is 10.2. The number of pyridine rings is 1. The minimum atomic E-state index is -0.512. The SMILES string of the molecule is Cn1cc(C(=O)Nc2ccnn2Cc2ccc(Cl)c(F)c2)ccc1=O. The zero-order valence-electron chi connectivity index (χ0n) is 13.2. The number of carbonyl (C=O) groups excluding carboxylic acids is 1. The molecule has 0 fully saturated rings. The van der Waals surface area contributed by atoms with Gasteiger partial charge in [-0.25, -0.2) is 9.07 Å². The van der Waals surface area contributed by atoms with Gasteiger partial charge in [-0.1, -0.05) is 17.7 Å². The fourth-order valence-corrected chi connectivity index (χ4v) is 2.41. The minimum absolute atomic E-state index is 0.0485. The standard InChI is InChI=1S/C17H14ClFN4O2/c1-22-10-12(3-5-16(22)24)17(25)21-15-6-7-20-23(15)9-11-2-4-13(18)14(19)8-11/h2-8,10H,9H2,1H3,(H,21,25). The van der Waals surface area contributed by atoms with Crippen LogP contribution in [0.4, 0.5) is 10.2 Å². The molecular weight excluding hydrogens is 347 g/mol. The number of anilines is 1. The van der Waals surface area contributed by atoms with Gasteiger partial charge in [-0.2, -0.15) is 5.10 Å². The average Bonchev–Trinajstić information content (AvgIpc) is 3.00. The van der Waals surface area contributed by atoms with Crippen LogP contribution in [0, 0.1) is 5.82 Å². The third kappa shape index (κ3) is 3.77. The van der Waals surface area contributed by atoms with Crippen LogP contribution in [0.5, 0.6) is 0 Å². The van der Waals surface area contributed by atoms with E-state index in [0.717, 1.165) is 0 Å². The second-order valence-corrected chi connectivity index (χ2v) is 5.85. The second-order valence-electron chi connectivity index (χ2n) is 5.44. The smallest absolute Gasteiger partial charge is 0.258 e. The summed E-state index contributed by atoms with van der Waals surface area (Å²) < 4.78 is 16.4. The largest absolute Gasteiger partial charge is 0.318 e. The van der Waals surface area contributed by atoms with Gasteiger partial charge in [0.05, 0.1) is 23.3 Å². The molecule has 25 heavy (non-hydrogen) atoms. The Bertz CT molecular complexity index is 996. The summed E-state index contributed by atoms with van der Waals surface area (Å²) in [6.45, 7) is 0.268. The molecule has 1 amide bonds. The van der Waals surface area contributed by atoms with Crippen molar-refractivity contribution in [2.75, 3.05) is 5.32 Å². The molecule has 0 unspecified atom stereocenters. The summed E-state index contributed by atoms with van der Waals surface area (Å²) in [5, 5.41) is 6.91. The number of hydrogen-bond donors (Lipinski definition) is 1. The number of halogens is 2. The zero-order valence-corrected chi connectivity index (χ0v) is 14.0. The van der Waals surface area contributed by atoms with Crippen LogP contribution < -0.4 is 10.9 Å². The molecule has 3 aromatic rings. The van der Waals surface area contributed by atoms with E-state index in [0.29, 0.717) is 16.9 Å². The van der Waals surface area contributed by atoms with Gasteiger partial charge in [-0.15, -0.1) is 0 Å². The molecule has 0 atom stereocenters. The molecule has 0 bridgehead atoms. The first-order chi connectivity index (χ1) is 11.9. The van der Waals surface area contributed by atoms with Crippen LogP contribution >= 0.6 is 11.6 Å². The summed E-state index contributed by atoms with van der Waals surface area (Å²) in [5.41, 5.74) is 0.793. The van der Waals surface area contributed by atoms with Gasteiger partial charge in [0, 0.05) is 25.4 Å². The fraction of sp³-hybridized carbons (Fsp3) is 0.118. The van der Waals surface area contributed by atoms with Crippen LogP contribution in [0.1, 0.15) is 15.9 Å². The molecule has 8 heteroatoms. The Hall–Kier alpha value is -2.93. The third-order valence-electron chi connectivity index (χ3n) is 3.62. The van der Waals surface area contributed by atoms with E-state index < -0.39 is 5.82 Å². The van der Waals surface area contributed by atoms with Crippen molar-refractivity contribution >= 4 is 23.3 Å². The van der Waals surface area contributed by atoms with Crippen molar-refractivity contribution < 1.29 is 9.18 Å². The highest BCUT2D eigenvalue weighted by molar-refractivity contribution is 6.30. The molecule has 1 aromatic carbocycles. The van der Waals surface area contributed by atoms with Gasteiger partial charge >= 0.3 is 0 Å². The van der Waals surface area contributed by atoms with E-state index in [1.54, 1.807) is 19.2 Å². The van der Waals surface area contributed by atoms with Crippen molar-refractivity contribution in [1.82, 2.24) is 14.3 Å². The Morgan fingerprint density at radius 1 is 1.28 bits per heavy atom. The Morgan fingerprint density at radius 2 is 2.08 bits per heavy atom. The van der Waals surface area contributed by atoms with Gasteiger partial charge in [0.1, 0.15) is 11.6 Å². The Kier molecular flexibility index (Phi) is 4.67. The number of hydrogen-bond acceptors (Lipinski definition) is 3. The predicted molar refractivity (Wildman–Crippen MR) is 92.4 cm³/mol. The van der Waals surface area contributed by atoms with Gasteiger partial charge in [0.15, 0.2) is 0 Å². The van der Waals surface area contributed by atoms with Crippen molar-refractivity contribution in [2.45, 2.75) is 6.54 Å². The summed E-state index contributed by atoms with van der Waals surface area (Å²) in [7, 11) is 1.57. The van der Waals surface area contributed by atoms with Crippen molar-refractivity contribution in [3.8, 4) is 0 Å². The molecule has 2 heterocycles. The van der Waals surface area contributed by atoms with E-state index in [2.05, 4.69) is 10.4 Å². The van der Waals surface area contributed by atoms with Crippen molar-refractivity contribution in [1.29, 1.82) is 0 Å². The minimum Gasteiger partial charge on any atom is -0.318 e. The first-order valence-electron chi connectivity index (χ1n) is 7.38. The third-order valence-corrected chi connectivity index (χ3v) is 3.93.